The summed E-state index contributed by atoms with van der Waals surface area (Å²) in [6.07, 6.45) is 3.15. The van der Waals surface area contributed by atoms with Crippen LogP contribution in [-0.4, -0.2) is 17.6 Å². The van der Waals surface area contributed by atoms with Gasteiger partial charge in [0.25, 0.3) is 5.56 Å². The number of halogens is 1. The Bertz CT molecular complexity index is 1160. The summed E-state index contributed by atoms with van der Waals surface area (Å²) in [5.74, 6) is 1.13. The zero-order valence-electron chi connectivity index (χ0n) is 13.3. The summed E-state index contributed by atoms with van der Waals surface area (Å²) in [7, 11) is 0. The Morgan fingerprint density at radius 3 is 2.69 bits per heavy atom. The van der Waals surface area contributed by atoms with Crippen molar-refractivity contribution in [3.63, 3.8) is 0 Å². The number of H-pyrrole nitrogens is 1. The van der Waals surface area contributed by atoms with Gasteiger partial charge in [-0.15, -0.1) is 11.3 Å². The number of aromatic nitrogens is 1. The lowest BCUT2D eigenvalue weighted by molar-refractivity contribution is 0.106. The summed E-state index contributed by atoms with van der Waals surface area (Å²) >= 11 is 7.04. The highest BCUT2D eigenvalue weighted by molar-refractivity contribution is 7.07. The number of nitrogens with one attached hydrogen (secondary N) is 1. The first kappa shape index (κ1) is 16.6. The fourth-order valence-corrected chi connectivity index (χ4v) is 3.51. The third kappa shape index (κ3) is 3.42. The molecule has 0 spiro atoms. The van der Waals surface area contributed by atoms with E-state index in [0.717, 1.165) is 5.56 Å². The second-order valence-corrected chi connectivity index (χ2v) is 7.08. The van der Waals surface area contributed by atoms with Crippen LogP contribution in [0.15, 0.2) is 47.3 Å². The number of carbonyl (C=O) groups excluding carboxylic acids is 1. The molecular weight excluding hydrogens is 374 g/mol. The first-order valence-electron chi connectivity index (χ1n) is 7.71. The first-order valence-corrected chi connectivity index (χ1v) is 8.90. The molecule has 0 aliphatic carbocycles. The zero-order chi connectivity index (χ0) is 18.1. The van der Waals surface area contributed by atoms with Crippen molar-refractivity contribution in [1.82, 2.24) is 4.98 Å². The highest BCUT2D eigenvalue weighted by Gasteiger charge is 2.12. The van der Waals surface area contributed by atoms with Crippen LogP contribution >= 0.6 is 22.9 Å². The Labute approximate surface area is 156 Å². The van der Waals surface area contributed by atoms with Gasteiger partial charge < -0.3 is 14.5 Å². The second kappa shape index (κ2) is 6.82. The molecule has 1 aromatic heterocycles. The Kier molecular flexibility index (Phi) is 4.36. The average molecular weight is 386 g/mol. The molecule has 5 nitrogen and oxygen atoms in total. The quantitative estimate of drug-likeness (QED) is 0.702. The van der Waals surface area contributed by atoms with Crippen molar-refractivity contribution < 1.29 is 14.3 Å². The number of ether oxygens (including phenoxy) is 2. The minimum absolute atomic E-state index is 0.199. The van der Waals surface area contributed by atoms with E-state index in [9.17, 15) is 9.59 Å². The molecule has 130 valence electrons. The van der Waals surface area contributed by atoms with Crippen molar-refractivity contribution >= 4 is 40.9 Å². The van der Waals surface area contributed by atoms with E-state index in [-0.39, 0.29) is 18.1 Å². The summed E-state index contributed by atoms with van der Waals surface area (Å²) in [5.41, 5.74) is 1.07. The lowest BCUT2D eigenvalue weighted by atomic mass is 10.1. The number of benzene rings is 2. The Balaban J connectivity index is 1.68. The van der Waals surface area contributed by atoms with E-state index in [4.69, 9.17) is 21.1 Å². The molecule has 7 heteroatoms. The van der Waals surface area contributed by atoms with Crippen molar-refractivity contribution in [2.75, 3.05) is 6.79 Å². The molecule has 0 atom stereocenters. The van der Waals surface area contributed by atoms with Gasteiger partial charge in [-0.3, -0.25) is 9.59 Å². The van der Waals surface area contributed by atoms with Crippen LogP contribution in [0.1, 0.15) is 15.9 Å². The maximum Gasteiger partial charge on any atom is 0.266 e. The molecule has 1 aliphatic rings. The minimum Gasteiger partial charge on any atom is -0.454 e. The van der Waals surface area contributed by atoms with Gasteiger partial charge in [0.1, 0.15) is 0 Å². The van der Waals surface area contributed by atoms with Gasteiger partial charge in [0.05, 0.1) is 9.20 Å². The standard InChI is InChI=1S/C19H12ClNO4S/c20-13-4-2-12(3-5-13)14(22)9-18-21-19(23)17(26-18)8-11-1-6-15-16(7-11)25-10-24-15/h1-9H,10H2,(H,21,23). The van der Waals surface area contributed by atoms with Crippen molar-refractivity contribution in [3.8, 4) is 11.5 Å². The number of aromatic amines is 1. The molecule has 2 aromatic carbocycles. The molecular formula is C19H12ClNO4S. The molecule has 1 N–H and O–H groups in total. The SMILES string of the molecule is O=C(C=c1[nH]c(=O)c(=Cc2ccc3c(c2)OCO3)s1)c1ccc(Cl)cc1. The summed E-state index contributed by atoms with van der Waals surface area (Å²) in [4.78, 5) is 27.1. The van der Waals surface area contributed by atoms with E-state index < -0.39 is 0 Å². The highest BCUT2D eigenvalue weighted by Crippen LogP contribution is 2.32. The van der Waals surface area contributed by atoms with Crippen LogP contribution in [0.25, 0.3) is 12.2 Å². The van der Waals surface area contributed by atoms with Gasteiger partial charge in [0.2, 0.25) is 6.79 Å². The smallest absolute Gasteiger partial charge is 0.266 e. The van der Waals surface area contributed by atoms with Crippen LogP contribution in [0.5, 0.6) is 11.5 Å². The van der Waals surface area contributed by atoms with Crippen molar-refractivity contribution in [2.45, 2.75) is 0 Å². The fourth-order valence-electron chi connectivity index (χ4n) is 2.50. The van der Waals surface area contributed by atoms with Crippen LogP contribution in [0.4, 0.5) is 0 Å². The topological polar surface area (TPSA) is 68.4 Å². The molecule has 0 saturated carbocycles. The van der Waals surface area contributed by atoms with Gasteiger partial charge in [-0.2, -0.15) is 0 Å². The molecule has 4 rings (SSSR count). The maximum atomic E-state index is 12.3. The van der Waals surface area contributed by atoms with E-state index in [1.54, 1.807) is 36.4 Å². The number of rotatable bonds is 3. The highest BCUT2D eigenvalue weighted by atomic mass is 35.5. The summed E-state index contributed by atoms with van der Waals surface area (Å²) in [6.45, 7) is 0.199. The van der Waals surface area contributed by atoms with Crippen LogP contribution in [0.2, 0.25) is 5.02 Å². The van der Waals surface area contributed by atoms with E-state index >= 15 is 0 Å². The molecule has 0 unspecified atom stereocenters. The maximum absolute atomic E-state index is 12.3. The van der Waals surface area contributed by atoms with E-state index in [2.05, 4.69) is 4.98 Å². The third-order valence-corrected chi connectivity index (χ3v) is 4.98. The van der Waals surface area contributed by atoms with Crippen molar-refractivity contribution in [3.05, 3.63) is 78.2 Å². The number of ketones is 1. The lowest BCUT2D eigenvalue weighted by Crippen LogP contribution is -2.20. The number of carbonyl (C=O) groups is 1. The Hall–Kier alpha value is -2.83. The number of fused-ring (bicyclic) bond motifs is 1. The molecule has 0 radical (unpaired) electrons. The lowest BCUT2D eigenvalue weighted by Gasteiger charge is -1.96. The molecule has 3 aromatic rings. The third-order valence-electron chi connectivity index (χ3n) is 3.77. The Morgan fingerprint density at radius 1 is 1.12 bits per heavy atom. The summed E-state index contributed by atoms with van der Waals surface area (Å²) < 4.78 is 11.6. The van der Waals surface area contributed by atoms with Crippen LogP contribution in [0, 0.1) is 0 Å². The largest absolute Gasteiger partial charge is 0.454 e. The number of hydrogen-bond acceptors (Lipinski definition) is 5. The molecule has 0 fully saturated rings. The average Bonchev–Trinajstić information content (AvgIpc) is 3.22. The minimum atomic E-state index is -0.247. The fraction of sp³-hybridized carbons (Fsp3) is 0.0526. The van der Waals surface area contributed by atoms with Crippen molar-refractivity contribution in [2.24, 2.45) is 0 Å². The molecule has 26 heavy (non-hydrogen) atoms. The predicted molar refractivity (Wildman–Crippen MR) is 101 cm³/mol. The normalized spacial score (nSPS) is 14.0. The van der Waals surface area contributed by atoms with Gasteiger partial charge in [-0.05, 0) is 48.0 Å². The van der Waals surface area contributed by atoms with Gasteiger partial charge in [0, 0.05) is 16.7 Å². The summed E-state index contributed by atoms with van der Waals surface area (Å²) in [6, 6.07) is 12.0. The van der Waals surface area contributed by atoms with Crippen molar-refractivity contribution in [1.29, 1.82) is 0 Å². The van der Waals surface area contributed by atoms with Crippen LogP contribution in [0.3, 0.4) is 0 Å². The van der Waals surface area contributed by atoms with E-state index in [0.29, 0.717) is 31.3 Å². The van der Waals surface area contributed by atoms with Gasteiger partial charge in [-0.25, -0.2) is 0 Å². The van der Waals surface area contributed by atoms with Gasteiger partial charge in [-0.1, -0.05) is 17.7 Å². The van der Waals surface area contributed by atoms with Gasteiger partial charge >= 0.3 is 0 Å². The monoisotopic (exact) mass is 385 g/mol. The molecule has 2 heterocycles. The molecule has 0 saturated heterocycles. The van der Waals surface area contributed by atoms with E-state index in [1.165, 1.54) is 17.4 Å². The molecule has 0 bridgehead atoms. The Morgan fingerprint density at radius 2 is 1.88 bits per heavy atom. The first-order chi connectivity index (χ1) is 12.6. The number of Topliss-reactive ketones (excluding diaryl/α,β-unsaturated/α-hetero) is 1. The van der Waals surface area contributed by atoms with E-state index in [1.807, 2.05) is 12.1 Å². The zero-order valence-corrected chi connectivity index (χ0v) is 14.9. The number of thiazole rings is 1. The van der Waals surface area contributed by atoms with Gasteiger partial charge in [0.15, 0.2) is 17.3 Å². The van der Waals surface area contributed by atoms with Crippen LogP contribution in [-0.2, 0) is 0 Å². The molecule has 0 amide bonds. The second-order valence-electron chi connectivity index (χ2n) is 5.56. The number of hydrogen-bond donors (Lipinski definition) is 1. The molecule has 1 aliphatic heterocycles. The van der Waals surface area contributed by atoms with Crippen LogP contribution < -0.4 is 24.2 Å². The summed E-state index contributed by atoms with van der Waals surface area (Å²) in [5, 5.41) is 0.562. The predicted octanol–water partition coefficient (Wildman–Crippen LogP) is 2.31.